The Bertz CT molecular complexity index is 818. The number of hydrogen-bond donors (Lipinski definition) is 2. The molecule has 6 nitrogen and oxygen atoms in total. The molecule has 2 aromatic rings. The summed E-state index contributed by atoms with van der Waals surface area (Å²) in [7, 11) is 0. The van der Waals surface area contributed by atoms with Gasteiger partial charge in [0.25, 0.3) is 5.69 Å². The van der Waals surface area contributed by atoms with E-state index >= 15 is 0 Å². The number of aryl methyl sites for hydroxylation is 1. The molecule has 0 saturated carbocycles. The van der Waals surface area contributed by atoms with E-state index in [2.05, 4.69) is 15.8 Å². The van der Waals surface area contributed by atoms with Gasteiger partial charge in [-0.1, -0.05) is 24.3 Å². The van der Waals surface area contributed by atoms with Gasteiger partial charge in [0.05, 0.1) is 10.6 Å². The van der Waals surface area contributed by atoms with Crippen molar-refractivity contribution in [3.8, 4) is 0 Å². The number of nitrogens with one attached hydrogen (secondary N) is 2. The standard InChI is InChI=1S/C17H18N4O2S/c1-11-6-4-9-16(12(11)2)18-17(24)20-19-13(3)14-7-5-8-15(10-14)21(22)23/h4-10H,1-3H3,(H2,18,20,24)/b19-13-. The van der Waals surface area contributed by atoms with E-state index in [4.69, 9.17) is 12.2 Å². The first kappa shape index (κ1) is 17.6. The number of rotatable bonds is 4. The van der Waals surface area contributed by atoms with Crippen LogP contribution in [0, 0.1) is 24.0 Å². The molecular formula is C17H18N4O2S. The van der Waals surface area contributed by atoms with Crippen molar-refractivity contribution in [2.75, 3.05) is 5.32 Å². The fraction of sp³-hybridized carbons (Fsp3) is 0.176. The first-order valence-corrected chi connectivity index (χ1v) is 7.71. The van der Waals surface area contributed by atoms with E-state index in [1.807, 2.05) is 32.0 Å². The summed E-state index contributed by atoms with van der Waals surface area (Å²) in [5, 5.41) is 18.5. The summed E-state index contributed by atoms with van der Waals surface area (Å²) in [6.45, 7) is 5.80. The van der Waals surface area contributed by atoms with Crippen LogP contribution in [-0.2, 0) is 0 Å². The van der Waals surface area contributed by atoms with E-state index < -0.39 is 4.92 Å². The minimum atomic E-state index is -0.434. The quantitative estimate of drug-likeness (QED) is 0.381. The zero-order chi connectivity index (χ0) is 17.7. The first-order valence-electron chi connectivity index (χ1n) is 7.31. The molecule has 0 aliphatic carbocycles. The van der Waals surface area contributed by atoms with Gasteiger partial charge >= 0.3 is 0 Å². The molecule has 0 radical (unpaired) electrons. The first-order chi connectivity index (χ1) is 11.4. The molecule has 0 spiro atoms. The molecule has 0 heterocycles. The van der Waals surface area contributed by atoms with Crippen LogP contribution < -0.4 is 10.7 Å². The predicted molar refractivity (Wildman–Crippen MR) is 101 cm³/mol. The number of non-ortho nitro benzene ring substituents is 1. The zero-order valence-electron chi connectivity index (χ0n) is 13.7. The Morgan fingerprint density at radius 3 is 2.62 bits per heavy atom. The van der Waals surface area contributed by atoms with Gasteiger partial charge in [0.1, 0.15) is 0 Å². The maximum atomic E-state index is 10.8. The van der Waals surface area contributed by atoms with Crippen molar-refractivity contribution in [3.05, 3.63) is 69.3 Å². The van der Waals surface area contributed by atoms with Gasteiger partial charge in [-0.25, -0.2) is 0 Å². The van der Waals surface area contributed by atoms with E-state index in [1.54, 1.807) is 19.1 Å². The number of nitro benzene ring substituents is 1. The van der Waals surface area contributed by atoms with Gasteiger partial charge in [-0.3, -0.25) is 15.5 Å². The van der Waals surface area contributed by atoms with Crippen molar-refractivity contribution in [1.29, 1.82) is 0 Å². The Hall–Kier alpha value is -2.80. The molecule has 24 heavy (non-hydrogen) atoms. The maximum Gasteiger partial charge on any atom is 0.270 e. The molecule has 0 unspecified atom stereocenters. The highest BCUT2D eigenvalue weighted by atomic mass is 32.1. The summed E-state index contributed by atoms with van der Waals surface area (Å²) in [5.74, 6) is 0. The van der Waals surface area contributed by atoms with E-state index in [1.165, 1.54) is 17.7 Å². The third-order valence-electron chi connectivity index (χ3n) is 3.65. The third-order valence-corrected chi connectivity index (χ3v) is 3.85. The molecule has 124 valence electrons. The van der Waals surface area contributed by atoms with E-state index in [0.717, 1.165) is 11.3 Å². The number of thiocarbonyl (C=S) groups is 1. The van der Waals surface area contributed by atoms with Crippen molar-refractivity contribution < 1.29 is 4.92 Å². The van der Waals surface area contributed by atoms with Crippen molar-refractivity contribution >= 4 is 34.4 Å². The van der Waals surface area contributed by atoms with E-state index in [9.17, 15) is 10.1 Å². The van der Waals surface area contributed by atoms with Gasteiger partial charge in [0, 0.05) is 23.4 Å². The summed E-state index contributed by atoms with van der Waals surface area (Å²) in [6, 6.07) is 12.2. The summed E-state index contributed by atoms with van der Waals surface area (Å²) < 4.78 is 0. The molecule has 0 aliphatic heterocycles. The van der Waals surface area contributed by atoms with Gasteiger partial charge in [-0.2, -0.15) is 5.10 Å². The van der Waals surface area contributed by atoms with Crippen LogP contribution in [0.3, 0.4) is 0 Å². The Kier molecular flexibility index (Phi) is 5.59. The van der Waals surface area contributed by atoms with Crippen molar-refractivity contribution in [2.45, 2.75) is 20.8 Å². The molecule has 0 aliphatic rings. The lowest BCUT2D eigenvalue weighted by Gasteiger charge is -2.12. The van der Waals surface area contributed by atoms with Gasteiger partial charge in [0.15, 0.2) is 5.11 Å². The molecule has 0 aromatic heterocycles. The summed E-state index contributed by atoms with van der Waals surface area (Å²) in [6.07, 6.45) is 0. The Morgan fingerprint density at radius 2 is 1.92 bits per heavy atom. The fourth-order valence-corrected chi connectivity index (χ4v) is 2.24. The van der Waals surface area contributed by atoms with E-state index in [0.29, 0.717) is 16.4 Å². The van der Waals surface area contributed by atoms with Crippen LogP contribution in [0.1, 0.15) is 23.6 Å². The van der Waals surface area contributed by atoms with Gasteiger partial charge in [0.2, 0.25) is 0 Å². The molecule has 0 atom stereocenters. The minimum absolute atomic E-state index is 0.0261. The SMILES string of the molecule is C/C(=N/NC(=S)Nc1cccc(C)c1C)c1cccc([N+](=O)[O-])c1. The predicted octanol–water partition coefficient (Wildman–Crippen LogP) is 3.92. The van der Waals surface area contributed by atoms with Crippen LogP contribution in [0.5, 0.6) is 0 Å². The molecule has 0 amide bonds. The van der Waals surface area contributed by atoms with Gasteiger partial charge < -0.3 is 5.32 Å². The number of benzene rings is 2. The third kappa shape index (κ3) is 4.36. The average molecular weight is 342 g/mol. The number of nitrogens with zero attached hydrogens (tertiary/aromatic N) is 2. The summed E-state index contributed by atoms with van der Waals surface area (Å²) >= 11 is 5.24. The molecule has 0 saturated heterocycles. The van der Waals surface area contributed by atoms with Crippen LogP contribution in [0.4, 0.5) is 11.4 Å². The Balaban J connectivity index is 2.06. The Morgan fingerprint density at radius 1 is 1.21 bits per heavy atom. The van der Waals surface area contributed by atoms with Crippen LogP contribution in [0.15, 0.2) is 47.6 Å². The number of nitro groups is 1. The zero-order valence-corrected chi connectivity index (χ0v) is 14.5. The number of anilines is 1. The Labute approximate surface area is 145 Å². The molecule has 2 aromatic carbocycles. The highest BCUT2D eigenvalue weighted by molar-refractivity contribution is 7.80. The highest BCUT2D eigenvalue weighted by Gasteiger charge is 2.08. The normalized spacial score (nSPS) is 11.0. The number of hydrazone groups is 1. The van der Waals surface area contributed by atoms with Crippen molar-refractivity contribution in [1.82, 2.24) is 5.43 Å². The summed E-state index contributed by atoms with van der Waals surface area (Å²) in [5.41, 5.74) is 7.24. The molecular weight excluding hydrogens is 324 g/mol. The second kappa shape index (κ2) is 7.65. The topological polar surface area (TPSA) is 79.6 Å². The molecule has 0 bridgehead atoms. The highest BCUT2D eigenvalue weighted by Crippen LogP contribution is 2.18. The number of hydrogen-bond acceptors (Lipinski definition) is 4. The van der Waals surface area contributed by atoms with Crippen LogP contribution in [-0.4, -0.2) is 15.7 Å². The van der Waals surface area contributed by atoms with Crippen LogP contribution in [0.25, 0.3) is 0 Å². The lowest BCUT2D eigenvalue weighted by molar-refractivity contribution is -0.384. The second-order valence-corrected chi connectivity index (χ2v) is 5.73. The van der Waals surface area contributed by atoms with Crippen LogP contribution in [0.2, 0.25) is 0 Å². The fourth-order valence-electron chi connectivity index (χ4n) is 2.08. The van der Waals surface area contributed by atoms with Gasteiger partial charge in [-0.05, 0) is 50.2 Å². The molecule has 2 rings (SSSR count). The summed E-state index contributed by atoms with van der Waals surface area (Å²) in [4.78, 5) is 10.4. The van der Waals surface area contributed by atoms with E-state index in [-0.39, 0.29) is 5.69 Å². The lowest BCUT2D eigenvalue weighted by atomic mass is 10.1. The van der Waals surface area contributed by atoms with Gasteiger partial charge in [-0.15, -0.1) is 0 Å². The largest absolute Gasteiger partial charge is 0.331 e. The maximum absolute atomic E-state index is 10.8. The lowest BCUT2D eigenvalue weighted by Crippen LogP contribution is -2.25. The van der Waals surface area contributed by atoms with Crippen molar-refractivity contribution in [3.63, 3.8) is 0 Å². The van der Waals surface area contributed by atoms with Crippen molar-refractivity contribution in [2.24, 2.45) is 5.10 Å². The second-order valence-electron chi connectivity index (χ2n) is 5.32. The molecule has 2 N–H and O–H groups in total. The monoisotopic (exact) mass is 342 g/mol. The molecule has 7 heteroatoms. The van der Waals surface area contributed by atoms with Crippen LogP contribution >= 0.6 is 12.2 Å². The minimum Gasteiger partial charge on any atom is -0.331 e. The average Bonchev–Trinajstić information content (AvgIpc) is 2.57. The molecule has 0 fully saturated rings. The smallest absolute Gasteiger partial charge is 0.270 e.